The van der Waals surface area contributed by atoms with E-state index in [1.54, 1.807) is 17.4 Å². The zero-order chi connectivity index (χ0) is 15.2. The fourth-order valence-corrected chi connectivity index (χ4v) is 3.17. The highest BCUT2D eigenvalue weighted by molar-refractivity contribution is 7.11. The van der Waals surface area contributed by atoms with Crippen molar-refractivity contribution in [2.24, 2.45) is 0 Å². The van der Waals surface area contributed by atoms with Crippen LogP contribution in [0.4, 0.5) is 0 Å². The van der Waals surface area contributed by atoms with Crippen LogP contribution >= 0.6 is 22.7 Å². The van der Waals surface area contributed by atoms with E-state index in [4.69, 9.17) is 5.11 Å². The highest BCUT2D eigenvalue weighted by Gasteiger charge is 2.08. The number of aryl methyl sites for hydroxylation is 1. The first-order valence-electron chi connectivity index (χ1n) is 6.24. The van der Waals surface area contributed by atoms with Crippen molar-refractivity contribution in [2.45, 2.75) is 13.3 Å². The molecule has 2 rings (SSSR count). The molecule has 0 atom stereocenters. The van der Waals surface area contributed by atoms with Gasteiger partial charge in [0.05, 0.1) is 5.01 Å². The van der Waals surface area contributed by atoms with Gasteiger partial charge in [-0.3, -0.25) is 4.79 Å². The molecule has 0 saturated carbocycles. The standard InChI is InChI=1S/C14H14N2O3S2/c1-9-5-7-20-11(9)2-3-12(17)15-6-4-13-16-10(8-21-13)14(18)19/h2-3,5,7-8H,4,6H2,1H3,(H,15,17)(H,18,19). The van der Waals surface area contributed by atoms with Crippen LogP contribution < -0.4 is 5.32 Å². The first-order chi connectivity index (χ1) is 10.1. The monoisotopic (exact) mass is 322 g/mol. The Morgan fingerprint density at radius 1 is 1.43 bits per heavy atom. The molecule has 2 heterocycles. The van der Waals surface area contributed by atoms with Gasteiger partial charge in [0.15, 0.2) is 5.69 Å². The van der Waals surface area contributed by atoms with Crippen LogP contribution in [0.25, 0.3) is 6.08 Å². The molecule has 5 nitrogen and oxygen atoms in total. The average molecular weight is 322 g/mol. The Morgan fingerprint density at radius 2 is 2.24 bits per heavy atom. The van der Waals surface area contributed by atoms with Crippen LogP contribution in [0.3, 0.4) is 0 Å². The molecule has 0 aromatic carbocycles. The van der Waals surface area contributed by atoms with Crippen LogP contribution in [0, 0.1) is 6.92 Å². The van der Waals surface area contributed by atoms with Gasteiger partial charge in [-0.05, 0) is 30.0 Å². The third kappa shape index (κ3) is 4.51. The van der Waals surface area contributed by atoms with Gasteiger partial charge in [0.1, 0.15) is 0 Å². The van der Waals surface area contributed by atoms with Gasteiger partial charge in [-0.1, -0.05) is 0 Å². The van der Waals surface area contributed by atoms with Gasteiger partial charge in [0.2, 0.25) is 5.91 Å². The predicted molar refractivity (Wildman–Crippen MR) is 83.9 cm³/mol. The lowest BCUT2D eigenvalue weighted by molar-refractivity contribution is -0.116. The Kier molecular flexibility index (Phi) is 5.24. The Labute approximate surface area is 130 Å². The molecule has 21 heavy (non-hydrogen) atoms. The molecule has 1 amide bonds. The number of hydrogen-bond acceptors (Lipinski definition) is 5. The van der Waals surface area contributed by atoms with Crippen molar-refractivity contribution >= 4 is 40.6 Å². The fourth-order valence-electron chi connectivity index (χ4n) is 1.58. The van der Waals surface area contributed by atoms with Crippen LogP contribution in [-0.4, -0.2) is 28.5 Å². The number of thiophene rings is 1. The molecule has 0 fully saturated rings. The zero-order valence-electron chi connectivity index (χ0n) is 11.3. The number of nitrogens with one attached hydrogen (secondary N) is 1. The fraction of sp³-hybridized carbons (Fsp3) is 0.214. The lowest BCUT2D eigenvalue weighted by Gasteiger charge is -1.99. The number of hydrogen-bond donors (Lipinski definition) is 2. The third-order valence-electron chi connectivity index (χ3n) is 2.70. The molecular weight excluding hydrogens is 308 g/mol. The largest absolute Gasteiger partial charge is 0.476 e. The zero-order valence-corrected chi connectivity index (χ0v) is 13.0. The van der Waals surface area contributed by atoms with Gasteiger partial charge in [-0.2, -0.15) is 0 Å². The van der Waals surface area contributed by atoms with E-state index in [1.807, 2.05) is 18.4 Å². The second-order valence-corrected chi connectivity index (χ2v) is 6.16. The Hall–Kier alpha value is -1.99. The summed E-state index contributed by atoms with van der Waals surface area (Å²) in [5, 5.41) is 15.7. The summed E-state index contributed by atoms with van der Waals surface area (Å²) >= 11 is 2.87. The van der Waals surface area contributed by atoms with Crippen LogP contribution in [0.15, 0.2) is 22.9 Å². The highest BCUT2D eigenvalue weighted by atomic mass is 32.1. The van der Waals surface area contributed by atoms with Crippen molar-refractivity contribution in [2.75, 3.05) is 6.54 Å². The van der Waals surface area contributed by atoms with E-state index in [9.17, 15) is 9.59 Å². The highest BCUT2D eigenvalue weighted by Crippen LogP contribution is 2.16. The number of thiazole rings is 1. The Bertz CT molecular complexity index is 673. The third-order valence-corrected chi connectivity index (χ3v) is 4.59. The quantitative estimate of drug-likeness (QED) is 0.801. The maximum atomic E-state index is 11.6. The van der Waals surface area contributed by atoms with E-state index in [2.05, 4.69) is 10.3 Å². The maximum Gasteiger partial charge on any atom is 0.355 e. The normalized spacial score (nSPS) is 10.9. The van der Waals surface area contributed by atoms with Gasteiger partial charge in [0, 0.05) is 29.3 Å². The van der Waals surface area contributed by atoms with Crippen molar-refractivity contribution in [1.82, 2.24) is 10.3 Å². The van der Waals surface area contributed by atoms with E-state index >= 15 is 0 Å². The van der Waals surface area contributed by atoms with Crippen molar-refractivity contribution in [3.63, 3.8) is 0 Å². The molecule has 2 aromatic rings. The predicted octanol–water partition coefficient (Wildman–Crippen LogP) is 2.58. The van der Waals surface area contributed by atoms with E-state index in [0.717, 1.165) is 10.4 Å². The number of nitrogens with zero attached hydrogens (tertiary/aromatic N) is 1. The average Bonchev–Trinajstić information content (AvgIpc) is 3.06. The van der Waals surface area contributed by atoms with Crippen molar-refractivity contribution in [3.05, 3.63) is 44.0 Å². The molecule has 2 aromatic heterocycles. The van der Waals surface area contributed by atoms with E-state index in [0.29, 0.717) is 18.0 Å². The van der Waals surface area contributed by atoms with Gasteiger partial charge in [-0.25, -0.2) is 9.78 Å². The van der Waals surface area contributed by atoms with E-state index in [-0.39, 0.29) is 11.6 Å². The number of aromatic nitrogens is 1. The molecular formula is C14H14N2O3S2. The number of aromatic carboxylic acids is 1. The molecule has 0 bridgehead atoms. The molecule has 7 heteroatoms. The molecule has 0 spiro atoms. The Morgan fingerprint density at radius 3 is 2.86 bits per heavy atom. The van der Waals surface area contributed by atoms with Gasteiger partial charge < -0.3 is 10.4 Å². The molecule has 0 aliphatic rings. The number of carbonyl (C=O) groups is 2. The number of amides is 1. The summed E-state index contributed by atoms with van der Waals surface area (Å²) < 4.78 is 0. The number of carboxylic acids is 1. The molecule has 0 radical (unpaired) electrons. The summed E-state index contributed by atoms with van der Waals surface area (Å²) in [6.45, 7) is 2.43. The summed E-state index contributed by atoms with van der Waals surface area (Å²) in [6, 6.07) is 2.00. The summed E-state index contributed by atoms with van der Waals surface area (Å²) in [4.78, 5) is 27.4. The van der Waals surface area contributed by atoms with Gasteiger partial charge >= 0.3 is 5.97 Å². The first-order valence-corrected chi connectivity index (χ1v) is 8.00. The molecule has 0 unspecified atom stereocenters. The maximum absolute atomic E-state index is 11.6. The second kappa shape index (κ2) is 7.14. The first kappa shape index (κ1) is 15.4. The van der Waals surface area contributed by atoms with Crippen LogP contribution in [-0.2, 0) is 11.2 Å². The van der Waals surface area contributed by atoms with E-state index in [1.165, 1.54) is 22.8 Å². The van der Waals surface area contributed by atoms with Crippen molar-refractivity contribution in [3.8, 4) is 0 Å². The minimum Gasteiger partial charge on any atom is -0.476 e. The number of rotatable bonds is 6. The summed E-state index contributed by atoms with van der Waals surface area (Å²) in [5.74, 6) is -1.20. The molecule has 110 valence electrons. The minimum atomic E-state index is -1.03. The van der Waals surface area contributed by atoms with E-state index < -0.39 is 5.97 Å². The molecule has 0 aliphatic heterocycles. The van der Waals surface area contributed by atoms with Crippen LogP contribution in [0.1, 0.15) is 25.9 Å². The topological polar surface area (TPSA) is 79.3 Å². The lowest BCUT2D eigenvalue weighted by atomic mass is 10.3. The summed E-state index contributed by atoms with van der Waals surface area (Å²) in [7, 11) is 0. The van der Waals surface area contributed by atoms with Crippen molar-refractivity contribution in [1.29, 1.82) is 0 Å². The summed E-state index contributed by atoms with van der Waals surface area (Å²) in [6.07, 6.45) is 3.82. The number of carbonyl (C=O) groups excluding carboxylic acids is 1. The van der Waals surface area contributed by atoms with Crippen LogP contribution in [0.5, 0.6) is 0 Å². The molecule has 0 saturated heterocycles. The second-order valence-electron chi connectivity index (χ2n) is 4.27. The number of carboxylic acid groups (broad SMARTS) is 1. The minimum absolute atomic E-state index is 0.0504. The summed E-state index contributed by atoms with van der Waals surface area (Å²) in [5.41, 5.74) is 1.20. The smallest absolute Gasteiger partial charge is 0.355 e. The Balaban J connectivity index is 1.77. The lowest BCUT2D eigenvalue weighted by Crippen LogP contribution is -2.23. The van der Waals surface area contributed by atoms with Crippen molar-refractivity contribution < 1.29 is 14.7 Å². The van der Waals surface area contributed by atoms with Crippen LogP contribution in [0.2, 0.25) is 0 Å². The van der Waals surface area contributed by atoms with Gasteiger partial charge in [0.25, 0.3) is 0 Å². The van der Waals surface area contributed by atoms with Gasteiger partial charge in [-0.15, -0.1) is 22.7 Å². The molecule has 0 aliphatic carbocycles. The molecule has 2 N–H and O–H groups in total. The SMILES string of the molecule is Cc1ccsc1C=CC(=O)NCCc1nc(C(=O)O)cs1.